The van der Waals surface area contributed by atoms with Crippen LogP contribution in [0.3, 0.4) is 0 Å². The van der Waals surface area contributed by atoms with Crippen molar-refractivity contribution < 1.29 is 23.5 Å². The number of anilines is 1. The first-order valence-corrected chi connectivity index (χ1v) is 8.97. The van der Waals surface area contributed by atoms with Crippen LogP contribution in [0.4, 0.5) is 14.9 Å². The van der Waals surface area contributed by atoms with Crippen molar-refractivity contribution >= 4 is 29.6 Å². The van der Waals surface area contributed by atoms with Gasteiger partial charge in [-0.2, -0.15) is 0 Å². The summed E-state index contributed by atoms with van der Waals surface area (Å²) < 4.78 is 20.3. The summed E-state index contributed by atoms with van der Waals surface area (Å²) >= 11 is 0. The third-order valence-electron chi connectivity index (χ3n) is 4.59. The Morgan fingerprint density at radius 1 is 0.967 bits per heavy atom. The third-order valence-corrected chi connectivity index (χ3v) is 4.59. The first kappa shape index (κ1) is 19.1. The van der Waals surface area contributed by atoms with Crippen molar-refractivity contribution in [3.8, 4) is 11.4 Å². The summed E-state index contributed by atoms with van der Waals surface area (Å²) in [5.41, 5.74) is 1.07. The van der Waals surface area contributed by atoms with Gasteiger partial charge in [0.2, 0.25) is 0 Å². The van der Waals surface area contributed by atoms with Crippen molar-refractivity contribution in [2.45, 2.75) is 0 Å². The van der Waals surface area contributed by atoms with E-state index in [1.54, 1.807) is 59.3 Å². The molecular weight excluding hydrogens is 389 g/mol. The molecule has 2 heterocycles. The SMILES string of the molecule is COc1ccc(N2C(=O)NC(=O)C(=Cc3cccn3-c3cccc(F)c3)C2=O)cc1. The monoisotopic (exact) mass is 405 g/mol. The lowest BCUT2D eigenvalue weighted by Gasteiger charge is -2.26. The fraction of sp³-hybridized carbons (Fsp3) is 0.0455. The van der Waals surface area contributed by atoms with Crippen LogP contribution in [0.25, 0.3) is 11.8 Å². The van der Waals surface area contributed by atoms with Gasteiger partial charge in [-0.3, -0.25) is 14.9 Å². The second-order valence-corrected chi connectivity index (χ2v) is 6.44. The molecule has 0 saturated carbocycles. The van der Waals surface area contributed by atoms with E-state index in [0.717, 1.165) is 4.90 Å². The molecule has 0 bridgehead atoms. The zero-order valence-electron chi connectivity index (χ0n) is 15.8. The standard InChI is InChI=1S/C22H16FN3O4/c1-30-18-9-7-15(8-10-18)26-21(28)19(20(27)24-22(26)29)13-17-6-3-11-25(17)16-5-2-4-14(23)12-16/h2-13H,1H3,(H,24,27,29). The molecule has 150 valence electrons. The van der Waals surface area contributed by atoms with Gasteiger partial charge in [0, 0.05) is 17.6 Å². The van der Waals surface area contributed by atoms with E-state index < -0.39 is 23.7 Å². The summed E-state index contributed by atoms with van der Waals surface area (Å²) in [7, 11) is 1.50. The molecule has 0 unspecified atom stereocenters. The number of urea groups is 1. The first-order valence-electron chi connectivity index (χ1n) is 8.97. The third kappa shape index (κ3) is 3.46. The molecule has 0 radical (unpaired) electrons. The second kappa shape index (κ2) is 7.67. The molecule has 0 atom stereocenters. The Bertz CT molecular complexity index is 1180. The van der Waals surface area contributed by atoms with Crippen LogP contribution in [0.15, 0.2) is 72.4 Å². The molecule has 1 aliphatic heterocycles. The largest absolute Gasteiger partial charge is 0.497 e. The zero-order chi connectivity index (χ0) is 21.3. The minimum atomic E-state index is -0.840. The summed E-state index contributed by atoms with van der Waals surface area (Å²) in [6, 6.07) is 14.7. The van der Waals surface area contributed by atoms with Gasteiger partial charge in [0.25, 0.3) is 11.8 Å². The van der Waals surface area contributed by atoms with Gasteiger partial charge in [-0.15, -0.1) is 0 Å². The number of benzene rings is 2. The number of nitrogens with zero attached hydrogens (tertiary/aromatic N) is 2. The number of carbonyl (C=O) groups excluding carboxylic acids is 3. The van der Waals surface area contributed by atoms with Crippen LogP contribution >= 0.6 is 0 Å². The quantitative estimate of drug-likeness (QED) is 0.534. The average Bonchev–Trinajstić information content (AvgIpc) is 3.20. The number of amides is 4. The number of ether oxygens (including phenoxy) is 1. The average molecular weight is 405 g/mol. The van der Waals surface area contributed by atoms with Crippen molar-refractivity contribution in [2.75, 3.05) is 12.0 Å². The van der Waals surface area contributed by atoms with Crippen molar-refractivity contribution in [2.24, 2.45) is 0 Å². The van der Waals surface area contributed by atoms with E-state index in [0.29, 0.717) is 17.1 Å². The smallest absolute Gasteiger partial charge is 0.335 e. The highest BCUT2D eigenvalue weighted by atomic mass is 19.1. The molecule has 4 amide bonds. The summed E-state index contributed by atoms with van der Waals surface area (Å²) in [6.07, 6.45) is 3.05. The highest BCUT2D eigenvalue weighted by Crippen LogP contribution is 2.25. The van der Waals surface area contributed by atoms with E-state index >= 15 is 0 Å². The fourth-order valence-electron chi connectivity index (χ4n) is 3.14. The lowest BCUT2D eigenvalue weighted by atomic mass is 10.1. The van der Waals surface area contributed by atoms with Gasteiger partial charge >= 0.3 is 6.03 Å². The van der Waals surface area contributed by atoms with E-state index in [1.165, 1.54) is 25.3 Å². The predicted molar refractivity (Wildman–Crippen MR) is 108 cm³/mol. The number of methoxy groups -OCH3 is 1. The number of hydrogen-bond acceptors (Lipinski definition) is 4. The fourth-order valence-corrected chi connectivity index (χ4v) is 3.14. The Hall–Kier alpha value is -4.20. The zero-order valence-corrected chi connectivity index (χ0v) is 15.8. The van der Waals surface area contributed by atoms with Crippen LogP contribution in [0.5, 0.6) is 5.75 Å². The van der Waals surface area contributed by atoms with Gasteiger partial charge in [-0.05, 0) is 60.7 Å². The van der Waals surface area contributed by atoms with Crippen molar-refractivity contribution in [1.82, 2.24) is 9.88 Å². The Morgan fingerprint density at radius 2 is 1.73 bits per heavy atom. The molecular formula is C22H16FN3O4. The van der Waals surface area contributed by atoms with Crippen LogP contribution in [0.2, 0.25) is 0 Å². The molecule has 0 aliphatic carbocycles. The molecule has 1 aromatic heterocycles. The molecule has 2 aromatic carbocycles. The molecule has 1 aliphatic rings. The Kier molecular flexibility index (Phi) is 4.89. The Labute approximate surface area is 171 Å². The number of nitrogens with one attached hydrogen (secondary N) is 1. The number of hydrogen-bond donors (Lipinski definition) is 1. The maximum atomic E-state index is 13.6. The lowest BCUT2D eigenvalue weighted by Crippen LogP contribution is -2.54. The van der Waals surface area contributed by atoms with E-state index in [2.05, 4.69) is 5.32 Å². The van der Waals surface area contributed by atoms with Crippen LogP contribution in [0, 0.1) is 5.82 Å². The second-order valence-electron chi connectivity index (χ2n) is 6.44. The molecule has 7 nitrogen and oxygen atoms in total. The maximum Gasteiger partial charge on any atom is 0.335 e. The first-order chi connectivity index (χ1) is 14.5. The van der Waals surface area contributed by atoms with Gasteiger partial charge in [-0.1, -0.05) is 6.07 Å². The summed E-state index contributed by atoms with van der Waals surface area (Å²) in [6.45, 7) is 0. The van der Waals surface area contributed by atoms with Gasteiger partial charge in [-0.25, -0.2) is 14.1 Å². The molecule has 30 heavy (non-hydrogen) atoms. The van der Waals surface area contributed by atoms with Gasteiger partial charge in [0.15, 0.2) is 0 Å². The Morgan fingerprint density at radius 3 is 2.43 bits per heavy atom. The predicted octanol–water partition coefficient (Wildman–Crippen LogP) is 3.29. The van der Waals surface area contributed by atoms with Gasteiger partial charge in [0.05, 0.1) is 12.8 Å². The number of carbonyl (C=O) groups is 3. The molecule has 1 fully saturated rings. The highest BCUT2D eigenvalue weighted by Gasteiger charge is 2.37. The number of imide groups is 2. The van der Waals surface area contributed by atoms with Crippen molar-refractivity contribution in [3.05, 3.63) is 83.9 Å². The van der Waals surface area contributed by atoms with E-state index in [-0.39, 0.29) is 11.3 Å². The number of rotatable bonds is 4. The summed E-state index contributed by atoms with van der Waals surface area (Å²) in [5, 5.41) is 2.18. The van der Waals surface area contributed by atoms with E-state index in [9.17, 15) is 18.8 Å². The normalized spacial score (nSPS) is 15.5. The minimum Gasteiger partial charge on any atom is -0.497 e. The van der Waals surface area contributed by atoms with E-state index in [4.69, 9.17) is 4.74 Å². The molecule has 0 spiro atoms. The summed E-state index contributed by atoms with van der Waals surface area (Å²) in [4.78, 5) is 38.6. The molecule has 8 heteroatoms. The number of barbiturate groups is 1. The minimum absolute atomic E-state index is 0.221. The lowest BCUT2D eigenvalue weighted by molar-refractivity contribution is -0.122. The van der Waals surface area contributed by atoms with E-state index in [1.807, 2.05) is 0 Å². The number of halogens is 1. The van der Waals surface area contributed by atoms with Crippen LogP contribution < -0.4 is 15.0 Å². The Balaban J connectivity index is 1.73. The number of aromatic nitrogens is 1. The van der Waals surface area contributed by atoms with Crippen molar-refractivity contribution in [3.63, 3.8) is 0 Å². The molecule has 4 rings (SSSR count). The molecule has 1 saturated heterocycles. The van der Waals surface area contributed by atoms with Gasteiger partial charge < -0.3 is 9.30 Å². The maximum absolute atomic E-state index is 13.6. The highest BCUT2D eigenvalue weighted by molar-refractivity contribution is 6.39. The van der Waals surface area contributed by atoms with Crippen LogP contribution in [0.1, 0.15) is 5.69 Å². The molecule has 3 aromatic rings. The van der Waals surface area contributed by atoms with Crippen LogP contribution in [-0.2, 0) is 9.59 Å². The van der Waals surface area contributed by atoms with Crippen molar-refractivity contribution in [1.29, 1.82) is 0 Å². The topological polar surface area (TPSA) is 80.6 Å². The molecule has 1 N–H and O–H groups in total. The van der Waals surface area contributed by atoms with Gasteiger partial charge in [0.1, 0.15) is 17.1 Å². The summed E-state index contributed by atoms with van der Waals surface area (Å²) in [5.74, 6) is -1.42. The van der Waals surface area contributed by atoms with Crippen LogP contribution in [-0.4, -0.2) is 29.5 Å².